The van der Waals surface area contributed by atoms with Crippen molar-refractivity contribution in [2.24, 2.45) is 10.9 Å². The molecule has 0 heterocycles. The Labute approximate surface area is 120 Å². The number of benzene rings is 2. The maximum Gasteiger partial charge on any atom is 0.311 e. The molecule has 3 N–H and O–H groups in total. The summed E-state index contributed by atoms with van der Waals surface area (Å²) in [6.45, 7) is 1.76. The van der Waals surface area contributed by atoms with E-state index in [1.807, 2.05) is 0 Å². The Morgan fingerprint density at radius 1 is 1.29 bits per heavy atom. The van der Waals surface area contributed by atoms with Crippen LogP contribution < -0.4 is 10.5 Å². The lowest BCUT2D eigenvalue weighted by molar-refractivity contribution is -0.385. The number of nitro groups is 1. The molecule has 0 atom stereocenters. The van der Waals surface area contributed by atoms with Gasteiger partial charge in [0.2, 0.25) is 5.75 Å². The summed E-state index contributed by atoms with van der Waals surface area (Å²) < 4.78 is 5.64. The van der Waals surface area contributed by atoms with Crippen molar-refractivity contribution in [2.45, 2.75) is 6.92 Å². The van der Waals surface area contributed by atoms with Gasteiger partial charge in [0.25, 0.3) is 0 Å². The molecule has 0 aliphatic rings. The summed E-state index contributed by atoms with van der Waals surface area (Å²) in [7, 11) is 0. The molecule has 108 valence electrons. The summed E-state index contributed by atoms with van der Waals surface area (Å²) in [5, 5.41) is 22.8. The van der Waals surface area contributed by atoms with E-state index in [1.54, 1.807) is 37.3 Å². The largest absolute Gasteiger partial charge is 0.449 e. The van der Waals surface area contributed by atoms with Gasteiger partial charge in [0.1, 0.15) is 5.75 Å². The normalized spacial score (nSPS) is 11.2. The number of oxime groups is 1. The molecule has 0 bridgehead atoms. The van der Waals surface area contributed by atoms with Crippen LogP contribution in [0.15, 0.2) is 47.6 Å². The quantitative estimate of drug-likeness (QED) is 0.295. The number of nitro benzene ring substituents is 1. The van der Waals surface area contributed by atoms with E-state index >= 15 is 0 Å². The molecule has 2 aromatic carbocycles. The Kier molecular flexibility index (Phi) is 4.03. The Balaban J connectivity index is 2.52. The first-order valence-corrected chi connectivity index (χ1v) is 6.03. The van der Waals surface area contributed by atoms with Crippen molar-refractivity contribution in [2.75, 3.05) is 0 Å². The lowest BCUT2D eigenvalue weighted by atomic mass is 10.1. The fourth-order valence-electron chi connectivity index (χ4n) is 1.85. The van der Waals surface area contributed by atoms with Crippen molar-refractivity contribution in [3.05, 3.63) is 63.7 Å². The zero-order chi connectivity index (χ0) is 15.4. The van der Waals surface area contributed by atoms with Gasteiger partial charge in [0.05, 0.1) is 10.5 Å². The Bertz CT molecular complexity index is 713. The van der Waals surface area contributed by atoms with Gasteiger partial charge in [-0.3, -0.25) is 10.1 Å². The minimum absolute atomic E-state index is 0.0868. The molecule has 7 heteroatoms. The average Bonchev–Trinajstić information content (AvgIpc) is 2.48. The molecule has 0 spiro atoms. The topological polar surface area (TPSA) is 111 Å². The van der Waals surface area contributed by atoms with E-state index in [2.05, 4.69) is 5.16 Å². The van der Waals surface area contributed by atoms with E-state index in [1.165, 1.54) is 12.1 Å². The van der Waals surface area contributed by atoms with Crippen LogP contribution in [0, 0.1) is 17.0 Å². The van der Waals surface area contributed by atoms with Crippen LogP contribution in [-0.4, -0.2) is 16.0 Å². The molecule has 0 unspecified atom stereocenters. The highest BCUT2D eigenvalue weighted by Crippen LogP contribution is 2.34. The molecular formula is C14H13N3O4. The average molecular weight is 287 g/mol. The van der Waals surface area contributed by atoms with Crippen LogP contribution in [0.1, 0.15) is 11.1 Å². The van der Waals surface area contributed by atoms with Crippen molar-refractivity contribution < 1.29 is 14.9 Å². The van der Waals surface area contributed by atoms with Gasteiger partial charge in [0.15, 0.2) is 5.84 Å². The van der Waals surface area contributed by atoms with Gasteiger partial charge >= 0.3 is 5.69 Å². The van der Waals surface area contributed by atoms with Gasteiger partial charge in [-0.05, 0) is 24.6 Å². The van der Waals surface area contributed by atoms with Crippen LogP contribution in [0.5, 0.6) is 11.5 Å². The predicted molar refractivity (Wildman–Crippen MR) is 76.9 cm³/mol. The highest BCUT2D eigenvalue weighted by Gasteiger charge is 2.18. The Morgan fingerprint density at radius 2 is 2.00 bits per heavy atom. The van der Waals surface area contributed by atoms with Crippen LogP contribution in [-0.2, 0) is 0 Å². The first-order chi connectivity index (χ1) is 10.0. The van der Waals surface area contributed by atoms with Gasteiger partial charge in [-0.15, -0.1) is 0 Å². The monoisotopic (exact) mass is 287 g/mol. The molecule has 7 nitrogen and oxygen atoms in total. The van der Waals surface area contributed by atoms with E-state index < -0.39 is 4.92 Å². The van der Waals surface area contributed by atoms with Gasteiger partial charge in [-0.2, -0.15) is 0 Å². The van der Waals surface area contributed by atoms with Crippen LogP contribution in [0.3, 0.4) is 0 Å². The third-order valence-corrected chi connectivity index (χ3v) is 2.87. The smallest absolute Gasteiger partial charge is 0.311 e. The minimum Gasteiger partial charge on any atom is -0.449 e. The molecule has 0 aliphatic carbocycles. The van der Waals surface area contributed by atoms with Gasteiger partial charge < -0.3 is 15.7 Å². The molecule has 21 heavy (non-hydrogen) atoms. The van der Waals surface area contributed by atoms with E-state index in [0.29, 0.717) is 16.9 Å². The second-order valence-corrected chi connectivity index (χ2v) is 4.26. The number of amidine groups is 1. The van der Waals surface area contributed by atoms with Crippen molar-refractivity contribution in [1.82, 2.24) is 0 Å². The Hall–Kier alpha value is -3.09. The first kappa shape index (κ1) is 14.3. The van der Waals surface area contributed by atoms with Gasteiger partial charge in [0, 0.05) is 6.07 Å². The molecule has 2 rings (SSSR count). The standard InChI is InChI=1S/C14H13N3O4/c1-9-5-4-6-10(14(15)16-18)13(9)21-12-8-3-2-7-11(12)17(19)20/h2-8,18H,1H3,(H2,15,16). The van der Waals surface area contributed by atoms with E-state index in [4.69, 9.17) is 15.7 Å². The van der Waals surface area contributed by atoms with Crippen molar-refractivity contribution >= 4 is 11.5 Å². The predicted octanol–water partition coefficient (Wildman–Crippen LogP) is 2.79. The molecule has 2 aromatic rings. The third-order valence-electron chi connectivity index (χ3n) is 2.87. The number of nitrogens with zero attached hydrogens (tertiary/aromatic N) is 2. The number of ether oxygens (including phenoxy) is 1. The first-order valence-electron chi connectivity index (χ1n) is 6.03. The second-order valence-electron chi connectivity index (χ2n) is 4.26. The van der Waals surface area contributed by atoms with Gasteiger partial charge in [-0.1, -0.05) is 29.4 Å². The molecule has 0 saturated heterocycles. The number of rotatable bonds is 4. The highest BCUT2D eigenvalue weighted by atomic mass is 16.6. The summed E-state index contributed by atoms with van der Waals surface area (Å²) in [5.41, 5.74) is 6.50. The number of nitrogens with two attached hydrogens (primary N) is 1. The molecule has 0 aliphatic heterocycles. The molecule has 0 amide bonds. The van der Waals surface area contributed by atoms with Crippen molar-refractivity contribution in [3.8, 4) is 11.5 Å². The number of hydrogen-bond acceptors (Lipinski definition) is 5. The zero-order valence-corrected chi connectivity index (χ0v) is 11.2. The molecule has 0 radical (unpaired) electrons. The Morgan fingerprint density at radius 3 is 2.67 bits per heavy atom. The van der Waals surface area contributed by atoms with E-state index in [0.717, 1.165) is 0 Å². The summed E-state index contributed by atoms with van der Waals surface area (Å²) in [6.07, 6.45) is 0. The summed E-state index contributed by atoms with van der Waals surface area (Å²) in [4.78, 5) is 10.5. The summed E-state index contributed by atoms with van der Waals surface area (Å²) in [5.74, 6) is 0.262. The maximum absolute atomic E-state index is 11.0. The van der Waals surface area contributed by atoms with Crippen LogP contribution >= 0.6 is 0 Å². The maximum atomic E-state index is 11.0. The van der Waals surface area contributed by atoms with E-state index in [-0.39, 0.29) is 17.3 Å². The molecular weight excluding hydrogens is 274 g/mol. The number of hydrogen-bond donors (Lipinski definition) is 2. The lowest BCUT2D eigenvalue weighted by Crippen LogP contribution is -2.14. The number of para-hydroxylation sites is 3. The fourth-order valence-corrected chi connectivity index (χ4v) is 1.85. The second kappa shape index (κ2) is 5.91. The molecule has 0 saturated carbocycles. The zero-order valence-electron chi connectivity index (χ0n) is 11.2. The van der Waals surface area contributed by atoms with Crippen molar-refractivity contribution in [1.29, 1.82) is 0 Å². The third kappa shape index (κ3) is 2.92. The van der Waals surface area contributed by atoms with Crippen LogP contribution in [0.25, 0.3) is 0 Å². The summed E-state index contributed by atoms with van der Waals surface area (Å²) in [6, 6.07) is 11.1. The molecule has 0 aromatic heterocycles. The van der Waals surface area contributed by atoms with Crippen LogP contribution in [0.2, 0.25) is 0 Å². The van der Waals surface area contributed by atoms with Crippen molar-refractivity contribution in [3.63, 3.8) is 0 Å². The minimum atomic E-state index is -0.531. The van der Waals surface area contributed by atoms with Crippen LogP contribution in [0.4, 0.5) is 5.69 Å². The lowest BCUT2D eigenvalue weighted by Gasteiger charge is -2.13. The molecule has 0 fully saturated rings. The van der Waals surface area contributed by atoms with E-state index in [9.17, 15) is 10.1 Å². The highest BCUT2D eigenvalue weighted by molar-refractivity contribution is 6.00. The van der Waals surface area contributed by atoms with Gasteiger partial charge in [-0.25, -0.2) is 0 Å². The fraction of sp³-hybridized carbons (Fsp3) is 0.0714. The summed E-state index contributed by atoms with van der Waals surface area (Å²) >= 11 is 0. The SMILES string of the molecule is Cc1cccc(/C(N)=N/O)c1Oc1ccccc1[N+](=O)[O-]. The number of aryl methyl sites for hydroxylation is 1.